The van der Waals surface area contributed by atoms with E-state index in [1.165, 1.54) is 11.3 Å². The van der Waals surface area contributed by atoms with Crippen LogP contribution in [0.4, 0.5) is 0 Å². The molecule has 0 aliphatic carbocycles. The molecule has 0 aromatic carbocycles. The molecule has 4 nitrogen and oxygen atoms in total. The molecule has 74 valence electrons. The molecular formula is C8H7ClN2O2S. The van der Waals surface area contributed by atoms with Crippen molar-refractivity contribution in [3.8, 4) is 0 Å². The number of hydrogen-bond acceptors (Lipinski definition) is 3. The SMILES string of the molecule is [N-]=[N+]=C(C(=O)OCCCl)c1ccsc1. The molecule has 6 heteroatoms. The van der Waals surface area contributed by atoms with Gasteiger partial charge in [0.15, 0.2) is 0 Å². The average molecular weight is 231 g/mol. The Bertz CT molecular complexity index is 357. The summed E-state index contributed by atoms with van der Waals surface area (Å²) in [6, 6.07) is 1.67. The maximum absolute atomic E-state index is 11.3. The van der Waals surface area contributed by atoms with Crippen LogP contribution in [0.2, 0.25) is 0 Å². The molecule has 0 fully saturated rings. The van der Waals surface area contributed by atoms with E-state index in [9.17, 15) is 4.79 Å². The molecule has 0 aliphatic rings. The lowest BCUT2D eigenvalue weighted by Gasteiger charge is -1.96. The molecule has 0 saturated heterocycles. The van der Waals surface area contributed by atoms with Gasteiger partial charge in [0.2, 0.25) is 0 Å². The minimum atomic E-state index is -0.674. The van der Waals surface area contributed by atoms with Crippen LogP contribution in [-0.2, 0) is 9.53 Å². The highest BCUT2D eigenvalue weighted by atomic mass is 35.5. The number of alkyl halides is 1. The second-order valence-corrected chi connectivity index (χ2v) is 3.44. The second kappa shape index (κ2) is 5.54. The van der Waals surface area contributed by atoms with E-state index < -0.39 is 5.97 Å². The van der Waals surface area contributed by atoms with Gasteiger partial charge in [0, 0.05) is 5.38 Å². The smallest absolute Gasteiger partial charge is 0.422 e. The van der Waals surface area contributed by atoms with Crippen molar-refractivity contribution in [3.05, 3.63) is 27.9 Å². The van der Waals surface area contributed by atoms with Crippen molar-refractivity contribution in [2.24, 2.45) is 0 Å². The Hall–Kier alpha value is -1.16. The highest BCUT2D eigenvalue weighted by Crippen LogP contribution is 2.07. The summed E-state index contributed by atoms with van der Waals surface area (Å²) in [5.41, 5.74) is 9.06. The summed E-state index contributed by atoms with van der Waals surface area (Å²) >= 11 is 6.74. The number of ether oxygens (including phenoxy) is 1. The van der Waals surface area contributed by atoms with Crippen LogP contribution >= 0.6 is 22.9 Å². The molecular weight excluding hydrogens is 224 g/mol. The van der Waals surface area contributed by atoms with E-state index in [2.05, 4.69) is 4.79 Å². The Kier molecular flexibility index (Phi) is 4.32. The fourth-order valence-electron chi connectivity index (χ4n) is 0.815. The summed E-state index contributed by atoms with van der Waals surface area (Å²) in [5, 5.41) is 3.46. The Morgan fingerprint density at radius 2 is 2.50 bits per heavy atom. The highest BCUT2D eigenvalue weighted by Gasteiger charge is 2.24. The van der Waals surface area contributed by atoms with E-state index in [4.69, 9.17) is 21.9 Å². The summed E-state index contributed by atoms with van der Waals surface area (Å²) in [7, 11) is 0. The quantitative estimate of drug-likeness (QED) is 0.259. The van der Waals surface area contributed by atoms with Gasteiger partial charge in [-0.15, -0.1) is 11.6 Å². The van der Waals surface area contributed by atoms with Gasteiger partial charge in [-0.3, -0.25) is 0 Å². The molecule has 14 heavy (non-hydrogen) atoms. The molecule has 1 aromatic heterocycles. The summed E-state index contributed by atoms with van der Waals surface area (Å²) in [6.45, 7) is 0.101. The Morgan fingerprint density at radius 1 is 1.71 bits per heavy atom. The normalized spacial score (nSPS) is 9.21. The van der Waals surface area contributed by atoms with Gasteiger partial charge in [-0.1, -0.05) is 0 Å². The lowest BCUT2D eigenvalue weighted by Crippen LogP contribution is -2.20. The first-order valence-electron chi connectivity index (χ1n) is 3.77. The second-order valence-electron chi connectivity index (χ2n) is 2.29. The van der Waals surface area contributed by atoms with Crippen molar-refractivity contribution >= 4 is 34.6 Å². The molecule has 0 N–H and O–H groups in total. The number of carbonyl (C=O) groups excluding carboxylic acids is 1. The van der Waals surface area contributed by atoms with E-state index >= 15 is 0 Å². The van der Waals surface area contributed by atoms with Crippen molar-refractivity contribution in [2.45, 2.75) is 0 Å². The molecule has 0 unspecified atom stereocenters. The molecule has 0 amide bonds. The summed E-state index contributed by atoms with van der Waals surface area (Å²) in [4.78, 5) is 14.2. The third-order valence-corrected chi connectivity index (χ3v) is 2.24. The van der Waals surface area contributed by atoms with Crippen molar-refractivity contribution in [3.63, 3.8) is 0 Å². The first-order valence-corrected chi connectivity index (χ1v) is 5.25. The first-order chi connectivity index (χ1) is 6.79. The number of nitrogens with zero attached hydrogens (tertiary/aromatic N) is 2. The maximum Gasteiger partial charge on any atom is 0.422 e. The Balaban J connectivity index is 2.74. The number of hydrogen-bond donors (Lipinski definition) is 0. The van der Waals surface area contributed by atoms with Crippen LogP contribution in [-0.4, -0.2) is 29.0 Å². The number of esters is 1. The van der Waals surface area contributed by atoms with E-state index in [1.54, 1.807) is 16.8 Å². The van der Waals surface area contributed by atoms with Crippen molar-refractivity contribution in [1.82, 2.24) is 0 Å². The van der Waals surface area contributed by atoms with Crippen molar-refractivity contribution < 1.29 is 14.3 Å². The third-order valence-electron chi connectivity index (χ3n) is 1.40. The van der Waals surface area contributed by atoms with Crippen LogP contribution in [0.15, 0.2) is 16.8 Å². The van der Waals surface area contributed by atoms with Gasteiger partial charge in [0.25, 0.3) is 0 Å². The maximum atomic E-state index is 11.3. The van der Waals surface area contributed by atoms with Gasteiger partial charge in [-0.2, -0.15) is 16.1 Å². The zero-order valence-electron chi connectivity index (χ0n) is 7.14. The molecule has 0 spiro atoms. The minimum absolute atomic E-state index is 0.101. The zero-order valence-corrected chi connectivity index (χ0v) is 8.72. The van der Waals surface area contributed by atoms with Gasteiger partial charge in [0.1, 0.15) is 6.61 Å². The van der Waals surface area contributed by atoms with Crippen molar-refractivity contribution in [2.75, 3.05) is 12.5 Å². The van der Waals surface area contributed by atoms with Gasteiger partial charge in [-0.05, 0) is 11.4 Å². The van der Waals surface area contributed by atoms with Crippen molar-refractivity contribution in [1.29, 1.82) is 0 Å². The number of rotatable bonds is 4. The zero-order chi connectivity index (χ0) is 10.4. The predicted octanol–water partition coefficient (Wildman–Crippen LogP) is 1.55. The van der Waals surface area contributed by atoms with Crippen LogP contribution in [0, 0.1) is 0 Å². The molecule has 0 aliphatic heterocycles. The van der Waals surface area contributed by atoms with Crippen LogP contribution in [0.5, 0.6) is 0 Å². The van der Waals surface area contributed by atoms with Crippen LogP contribution in [0.25, 0.3) is 5.53 Å². The van der Waals surface area contributed by atoms with E-state index in [1.807, 2.05) is 0 Å². The molecule has 0 atom stereocenters. The minimum Gasteiger partial charge on any atom is -0.456 e. The standard InChI is InChI=1S/C8H7ClN2O2S/c9-2-3-13-8(12)7(11-10)6-1-4-14-5-6/h1,4-5H,2-3H2. The van der Waals surface area contributed by atoms with Crippen LogP contribution in [0.1, 0.15) is 5.56 Å². The molecule has 0 radical (unpaired) electrons. The molecule has 1 rings (SSSR count). The monoisotopic (exact) mass is 230 g/mol. The number of thiophene rings is 1. The van der Waals surface area contributed by atoms with Gasteiger partial charge in [0.05, 0.1) is 11.4 Å². The van der Waals surface area contributed by atoms with Gasteiger partial charge >= 0.3 is 11.7 Å². The lowest BCUT2D eigenvalue weighted by atomic mass is 10.2. The fourth-order valence-corrected chi connectivity index (χ4v) is 1.53. The first kappa shape index (κ1) is 10.9. The summed E-state index contributed by atoms with van der Waals surface area (Å²) in [6.07, 6.45) is 0. The molecule has 1 aromatic rings. The molecule has 0 bridgehead atoms. The molecule has 1 heterocycles. The van der Waals surface area contributed by atoms with E-state index in [0.717, 1.165) is 0 Å². The largest absolute Gasteiger partial charge is 0.456 e. The topological polar surface area (TPSA) is 62.7 Å². The summed E-state index contributed by atoms with van der Waals surface area (Å²) < 4.78 is 4.71. The molecule has 0 saturated carbocycles. The average Bonchev–Trinajstić information content (AvgIpc) is 2.69. The van der Waals surface area contributed by atoms with E-state index in [0.29, 0.717) is 5.56 Å². The van der Waals surface area contributed by atoms with Crippen LogP contribution in [0.3, 0.4) is 0 Å². The Morgan fingerprint density at radius 3 is 3.00 bits per heavy atom. The van der Waals surface area contributed by atoms with Crippen LogP contribution < -0.4 is 0 Å². The number of halogens is 1. The lowest BCUT2D eigenvalue weighted by molar-refractivity contribution is -0.139. The predicted molar refractivity (Wildman–Crippen MR) is 53.7 cm³/mol. The number of carbonyl (C=O) groups is 1. The third kappa shape index (κ3) is 2.67. The highest BCUT2D eigenvalue weighted by molar-refractivity contribution is 7.08. The van der Waals surface area contributed by atoms with Gasteiger partial charge in [-0.25, -0.2) is 4.79 Å². The Labute approximate surface area is 89.7 Å². The van der Waals surface area contributed by atoms with E-state index in [-0.39, 0.29) is 18.2 Å². The fraction of sp³-hybridized carbons (Fsp3) is 0.250. The summed E-state index contributed by atoms with van der Waals surface area (Å²) in [5.74, 6) is -0.458. The van der Waals surface area contributed by atoms with Gasteiger partial charge < -0.3 is 10.3 Å².